The Morgan fingerprint density at radius 2 is 1.81 bits per heavy atom. The normalized spacial score (nSPS) is 10.3. The third-order valence-corrected chi connectivity index (χ3v) is 4.11. The van der Waals surface area contributed by atoms with E-state index in [0.717, 1.165) is 11.4 Å². The number of esters is 1. The van der Waals surface area contributed by atoms with Gasteiger partial charge in [-0.25, -0.2) is 9.78 Å². The summed E-state index contributed by atoms with van der Waals surface area (Å²) in [5.41, 5.74) is 3.08. The molecule has 3 rings (SSSR count). The van der Waals surface area contributed by atoms with Crippen LogP contribution in [-0.2, 0) is 11.3 Å². The molecule has 0 atom stereocenters. The Hall–Kier alpha value is -2.86. The van der Waals surface area contributed by atoms with Gasteiger partial charge in [-0.3, -0.25) is 0 Å². The first kappa shape index (κ1) is 17.9. The van der Waals surface area contributed by atoms with Gasteiger partial charge < -0.3 is 14.2 Å². The maximum absolute atomic E-state index is 12.1. The van der Waals surface area contributed by atoms with Crippen molar-refractivity contribution in [1.82, 2.24) is 4.98 Å². The summed E-state index contributed by atoms with van der Waals surface area (Å²) < 4.78 is 16.5. The second-order valence-electron chi connectivity index (χ2n) is 5.45. The van der Waals surface area contributed by atoms with Crippen LogP contribution in [-0.4, -0.2) is 24.2 Å². The van der Waals surface area contributed by atoms with Crippen LogP contribution in [0.5, 0.6) is 11.5 Å². The molecule has 0 bridgehead atoms. The van der Waals surface area contributed by atoms with Gasteiger partial charge in [-0.2, -0.15) is 0 Å². The number of carbonyl (C=O) groups excluding carboxylic acids is 1. The minimum Gasteiger partial charge on any atom is -0.493 e. The number of benzene rings is 2. The number of rotatable bonds is 9. The average Bonchev–Trinajstić information content (AvgIpc) is 3.21. The molecule has 0 aliphatic heterocycles. The number of nitrogens with zero attached hydrogens (tertiary/aromatic N) is 1. The quantitative estimate of drug-likeness (QED) is 0.415. The Labute approximate surface area is 156 Å². The van der Waals surface area contributed by atoms with Gasteiger partial charge >= 0.3 is 5.97 Å². The first-order chi connectivity index (χ1) is 12.8. The molecule has 0 spiro atoms. The van der Waals surface area contributed by atoms with E-state index in [1.165, 1.54) is 11.3 Å². The van der Waals surface area contributed by atoms with Crippen molar-refractivity contribution in [3.8, 4) is 11.5 Å². The molecular weight excluding hydrogens is 350 g/mol. The van der Waals surface area contributed by atoms with Gasteiger partial charge in [0.05, 0.1) is 30.0 Å². The van der Waals surface area contributed by atoms with Gasteiger partial charge in [0.25, 0.3) is 0 Å². The summed E-state index contributed by atoms with van der Waals surface area (Å²) in [6.45, 7) is 1.17. The molecule has 26 heavy (non-hydrogen) atoms. The molecule has 0 aliphatic carbocycles. The van der Waals surface area contributed by atoms with E-state index >= 15 is 0 Å². The summed E-state index contributed by atoms with van der Waals surface area (Å²) in [4.78, 5) is 16.3. The van der Waals surface area contributed by atoms with E-state index in [2.05, 4.69) is 4.98 Å². The van der Waals surface area contributed by atoms with Gasteiger partial charge in [-0.1, -0.05) is 24.3 Å². The minimum absolute atomic E-state index is 0.301. The first-order valence-corrected chi connectivity index (χ1v) is 9.20. The molecule has 2 aromatic carbocycles. The molecule has 0 N–H and O–H groups in total. The average molecular weight is 369 g/mol. The lowest BCUT2D eigenvalue weighted by atomic mass is 10.2. The van der Waals surface area contributed by atoms with Crippen molar-refractivity contribution in [2.24, 2.45) is 0 Å². The molecular formula is C20H19NO4S. The van der Waals surface area contributed by atoms with E-state index in [9.17, 15) is 4.79 Å². The highest BCUT2D eigenvalue weighted by Crippen LogP contribution is 2.16. The lowest BCUT2D eigenvalue weighted by Crippen LogP contribution is -2.09. The fourth-order valence-electron chi connectivity index (χ4n) is 2.19. The number of hydrogen-bond acceptors (Lipinski definition) is 6. The number of carbonyl (C=O) groups is 1. The van der Waals surface area contributed by atoms with Gasteiger partial charge in [0.2, 0.25) is 0 Å². The third-order valence-electron chi connectivity index (χ3n) is 3.47. The summed E-state index contributed by atoms with van der Waals surface area (Å²) in [7, 11) is 0. The van der Waals surface area contributed by atoms with Crippen LogP contribution < -0.4 is 9.47 Å². The van der Waals surface area contributed by atoms with Crippen molar-refractivity contribution in [3.05, 3.63) is 76.7 Å². The largest absolute Gasteiger partial charge is 0.493 e. The van der Waals surface area contributed by atoms with E-state index in [-0.39, 0.29) is 5.97 Å². The van der Waals surface area contributed by atoms with Gasteiger partial charge in [-0.15, -0.1) is 11.3 Å². The van der Waals surface area contributed by atoms with Crippen LogP contribution in [0, 0.1) is 0 Å². The zero-order chi connectivity index (χ0) is 18.0. The fraction of sp³-hybridized carbons (Fsp3) is 0.200. The molecule has 134 valence electrons. The molecule has 6 heteroatoms. The zero-order valence-corrected chi connectivity index (χ0v) is 15.0. The van der Waals surface area contributed by atoms with E-state index in [1.54, 1.807) is 29.8 Å². The van der Waals surface area contributed by atoms with Crippen LogP contribution >= 0.6 is 11.3 Å². The standard InChI is InChI=1S/C20H19NO4S/c22-20(24-11-5-10-23-18-7-2-1-3-8-18)16-6-4-9-19(12-16)25-13-17-14-26-15-21-17/h1-4,6-9,12,14-15H,5,10-11,13H2. The Balaban J connectivity index is 1.40. The number of ether oxygens (including phenoxy) is 3. The maximum Gasteiger partial charge on any atom is 0.338 e. The Morgan fingerprint density at radius 3 is 2.62 bits per heavy atom. The summed E-state index contributed by atoms with van der Waals surface area (Å²) in [6.07, 6.45) is 0.626. The van der Waals surface area contributed by atoms with Crippen LogP contribution in [0.3, 0.4) is 0 Å². The highest BCUT2D eigenvalue weighted by atomic mass is 32.1. The second-order valence-corrected chi connectivity index (χ2v) is 6.17. The van der Waals surface area contributed by atoms with Crippen LogP contribution in [0.25, 0.3) is 0 Å². The number of para-hydroxylation sites is 1. The first-order valence-electron chi connectivity index (χ1n) is 8.26. The van der Waals surface area contributed by atoms with Gasteiger partial charge in [-0.05, 0) is 30.3 Å². The molecule has 1 aromatic heterocycles. The maximum atomic E-state index is 12.1. The molecule has 0 saturated carbocycles. The summed E-state index contributed by atoms with van der Waals surface area (Å²) in [6, 6.07) is 16.5. The number of aromatic nitrogens is 1. The van der Waals surface area contributed by atoms with Crippen molar-refractivity contribution >= 4 is 17.3 Å². The number of thiazole rings is 1. The molecule has 1 heterocycles. The van der Waals surface area contributed by atoms with Crippen LogP contribution in [0.15, 0.2) is 65.5 Å². The Bertz CT molecular complexity index is 806. The van der Waals surface area contributed by atoms with E-state index < -0.39 is 0 Å². The SMILES string of the molecule is O=C(OCCCOc1ccccc1)c1cccc(OCc2cscn2)c1. The van der Waals surface area contributed by atoms with E-state index in [0.29, 0.717) is 37.6 Å². The van der Waals surface area contributed by atoms with Crippen LogP contribution in [0.2, 0.25) is 0 Å². The lowest BCUT2D eigenvalue weighted by molar-refractivity contribution is 0.0485. The van der Waals surface area contributed by atoms with Crippen molar-refractivity contribution in [2.75, 3.05) is 13.2 Å². The molecule has 5 nitrogen and oxygen atoms in total. The summed E-state index contributed by atoms with van der Waals surface area (Å²) >= 11 is 1.52. The zero-order valence-electron chi connectivity index (χ0n) is 14.2. The minimum atomic E-state index is -0.371. The highest BCUT2D eigenvalue weighted by Gasteiger charge is 2.08. The predicted molar refractivity (Wildman–Crippen MR) is 99.7 cm³/mol. The van der Waals surface area contributed by atoms with Gasteiger partial charge in [0.15, 0.2) is 0 Å². The summed E-state index contributed by atoms with van der Waals surface area (Å²) in [5.74, 6) is 1.05. The monoisotopic (exact) mass is 369 g/mol. The topological polar surface area (TPSA) is 57.7 Å². The smallest absolute Gasteiger partial charge is 0.338 e. The number of hydrogen-bond donors (Lipinski definition) is 0. The van der Waals surface area contributed by atoms with Crippen molar-refractivity contribution in [1.29, 1.82) is 0 Å². The van der Waals surface area contributed by atoms with Gasteiger partial charge in [0, 0.05) is 11.8 Å². The molecule has 0 amide bonds. The van der Waals surface area contributed by atoms with Crippen molar-refractivity contribution in [3.63, 3.8) is 0 Å². The van der Waals surface area contributed by atoms with Gasteiger partial charge in [0.1, 0.15) is 18.1 Å². The van der Waals surface area contributed by atoms with Crippen LogP contribution in [0.4, 0.5) is 0 Å². The van der Waals surface area contributed by atoms with E-state index in [4.69, 9.17) is 14.2 Å². The Kier molecular flexibility index (Phi) is 6.61. The van der Waals surface area contributed by atoms with Crippen molar-refractivity contribution < 1.29 is 19.0 Å². The molecule has 0 fully saturated rings. The molecule has 0 aliphatic rings. The Morgan fingerprint density at radius 1 is 0.962 bits per heavy atom. The molecule has 0 radical (unpaired) electrons. The van der Waals surface area contributed by atoms with Crippen LogP contribution in [0.1, 0.15) is 22.5 Å². The summed E-state index contributed by atoms with van der Waals surface area (Å²) in [5, 5.41) is 1.93. The second kappa shape index (κ2) is 9.58. The molecule has 0 saturated heterocycles. The third kappa shape index (κ3) is 5.60. The lowest BCUT2D eigenvalue weighted by Gasteiger charge is -2.08. The molecule has 0 unspecified atom stereocenters. The van der Waals surface area contributed by atoms with Crippen molar-refractivity contribution in [2.45, 2.75) is 13.0 Å². The fourth-order valence-corrected chi connectivity index (χ4v) is 2.74. The predicted octanol–water partition coefficient (Wildman–Crippen LogP) is 4.35. The van der Waals surface area contributed by atoms with E-state index in [1.807, 2.05) is 35.7 Å². The highest BCUT2D eigenvalue weighted by molar-refractivity contribution is 7.07. The molecule has 3 aromatic rings.